The zero-order valence-electron chi connectivity index (χ0n) is 10.7. The number of phenolic OH excluding ortho intramolecular Hbond substituents is 1. The van der Waals surface area contributed by atoms with Crippen LogP contribution in [-0.4, -0.2) is 10.0 Å². The molecule has 6 heteroatoms. The van der Waals surface area contributed by atoms with Gasteiger partial charge < -0.3 is 10.4 Å². The number of nitrogens with zero attached hydrogens (tertiary/aromatic N) is 1. The van der Waals surface area contributed by atoms with E-state index in [2.05, 4.69) is 5.32 Å². The Balaban J connectivity index is 2.25. The molecule has 2 aromatic carbocycles. The number of hydrogen-bond acceptors (Lipinski definition) is 4. The highest BCUT2D eigenvalue weighted by atomic mass is 35.5. The van der Waals surface area contributed by atoms with Crippen molar-refractivity contribution in [3.8, 4) is 5.75 Å². The highest BCUT2D eigenvalue weighted by Gasteiger charge is 2.16. The minimum atomic E-state index is -0.531. The fraction of sp³-hybridized carbons (Fsp3) is 0.143. The summed E-state index contributed by atoms with van der Waals surface area (Å²) in [5, 5.41) is 24.0. The van der Waals surface area contributed by atoms with E-state index in [0.29, 0.717) is 10.7 Å². The number of nitrogens with one attached hydrogen (secondary N) is 1. The lowest BCUT2D eigenvalue weighted by Gasteiger charge is -2.16. The highest BCUT2D eigenvalue weighted by Crippen LogP contribution is 2.31. The summed E-state index contributed by atoms with van der Waals surface area (Å²) in [4.78, 5) is 10.4. The second kappa shape index (κ2) is 5.79. The molecule has 0 aliphatic heterocycles. The Hall–Kier alpha value is -2.27. The van der Waals surface area contributed by atoms with Gasteiger partial charge in [-0.2, -0.15) is 0 Å². The molecule has 5 nitrogen and oxygen atoms in total. The van der Waals surface area contributed by atoms with Crippen LogP contribution in [0.3, 0.4) is 0 Å². The third-order valence-corrected chi connectivity index (χ3v) is 3.17. The van der Waals surface area contributed by atoms with Crippen molar-refractivity contribution in [2.24, 2.45) is 0 Å². The molecule has 104 valence electrons. The van der Waals surface area contributed by atoms with Gasteiger partial charge in [-0.3, -0.25) is 10.1 Å². The van der Waals surface area contributed by atoms with Crippen LogP contribution >= 0.6 is 11.6 Å². The van der Waals surface area contributed by atoms with Crippen molar-refractivity contribution in [3.05, 3.63) is 63.2 Å². The van der Waals surface area contributed by atoms with Gasteiger partial charge >= 0.3 is 0 Å². The van der Waals surface area contributed by atoms with E-state index in [4.69, 9.17) is 11.6 Å². The van der Waals surface area contributed by atoms with Crippen LogP contribution in [0.25, 0.3) is 0 Å². The van der Waals surface area contributed by atoms with Crippen molar-refractivity contribution in [1.82, 2.24) is 0 Å². The molecule has 0 saturated carbocycles. The van der Waals surface area contributed by atoms with Gasteiger partial charge in [0.1, 0.15) is 11.4 Å². The standard InChI is InChI=1S/C14H13ClN2O3/c1-9(10-2-4-11(15)5-3-10)16-13-7-6-12(18)8-14(13)17(19)20/h2-9,16,18H,1H3. The van der Waals surface area contributed by atoms with E-state index >= 15 is 0 Å². The minimum absolute atomic E-state index is 0.129. The molecule has 0 heterocycles. The van der Waals surface area contributed by atoms with E-state index < -0.39 is 4.92 Å². The molecule has 2 rings (SSSR count). The van der Waals surface area contributed by atoms with E-state index in [9.17, 15) is 15.2 Å². The molecule has 0 amide bonds. The second-order valence-electron chi connectivity index (χ2n) is 4.38. The lowest BCUT2D eigenvalue weighted by Crippen LogP contribution is -2.08. The lowest BCUT2D eigenvalue weighted by molar-refractivity contribution is -0.384. The molecule has 0 aromatic heterocycles. The molecule has 0 spiro atoms. The monoisotopic (exact) mass is 292 g/mol. The topological polar surface area (TPSA) is 75.4 Å². The minimum Gasteiger partial charge on any atom is -0.508 e. The van der Waals surface area contributed by atoms with Crippen molar-refractivity contribution in [1.29, 1.82) is 0 Å². The highest BCUT2D eigenvalue weighted by molar-refractivity contribution is 6.30. The van der Waals surface area contributed by atoms with E-state index in [1.165, 1.54) is 12.1 Å². The molecule has 0 bridgehead atoms. The zero-order chi connectivity index (χ0) is 14.7. The van der Waals surface area contributed by atoms with Gasteiger partial charge in [-0.25, -0.2) is 0 Å². The Morgan fingerprint density at radius 3 is 2.50 bits per heavy atom. The SMILES string of the molecule is CC(Nc1ccc(O)cc1[N+](=O)[O-])c1ccc(Cl)cc1. The Morgan fingerprint density at radius 1 is 1.25 bits per heavy atom. The van der Waals surface area contributed by atoms with E-state index in [1.54, 1.807) is 12.1 Å². The number of anilines is 1. The van der Waals surface area contributed by atoms with Crippen LogP contribution in [0.1, 0.15) is 18.5 Å². The summed E-state index contributed by atoms with van der Waals surface area (Å²) in [5.74, 6) is -0.138. The third-order valence-electron chi connectivity index (χ3n) is 2.92. The third kappa shape index (κ3) is 3.19. The molecule has 2 N–H and O–H groups in total. The van der Waals surface area contributed by atoms with Gasteiger partial charge in [0.15, 0.2) is 0 Å². The summed E-state index contributed by atoms with van der Waals surface area (Å²) in [5.41, 5.74) is 1.15. The van der Waals surface area contributed by atoms with E-state index in [1.807, 2.05) is 19.1 Å². The number of rotatable bonds is 4. The van der Waals surface area contributed by atoms with Gasteiger partial charge in [-0.15, -0.1) is 0 Å². The van der Waals surface area contributed by atoms with E-state index in [0.717, 1.165) is 11.6 Å². The number of benzene rings is 2. The maximum absolute atomic E-state index is 11.0. The van der Waals surface area contributed by atoms with Crippen LogP contribution in [-0.2, 0) is 0 Å². The molecule has 1 atom stereocenters. The van der Waals surface area contributed by atoms with Crippen LogP contribution in [0.2, 0.25) is 5.02 Å². The van der Waals surface area contributed by atoms with Crippen molar-refractivity contribution >= 4 is 23.0 Å². The predicted octanol–water partition coefficient (Wildman–Crippen LogP) is 4.13. The van der Waals surface area contributed by atoms with Crippen molar-refractivity contribution < 1.29 is 10.0 Å². The number of nitro benzene ring substituents is 1. The first-order valence-corrected chi connectivity index (χ1v) is 6.34. The fourth-order valence-corrected chi connectivity index (χ4v) is 1.99. The second-order valence-corrected chi connectivity index (χ2v) is 4.81. The van der Waals surface area contributed by atoms with Crippen molar-refractivity contribution in [2.75, 3.05) is 5.32 Å². The Morgan fingerprint density at radius 2 is 1.90 bits per heavy atom. The summed E-state index contributed by atoms with van der Waals surface area (Å²) in [6.45, 7) is 1.89. The Labute approximate surface area is 121 Å². The summed E-state index contributed by atoms with van der Waals surface area (Å²) in [6, 6.07) is 11.1. The summed E-state index contributed by atoms with van der Waals surface area (Å²) in [7, 11) is 0. The molecule has 20 heavy (non-hydrogen) atoms. The first-order chi connectivity index (χ1) is 9.47. The van der Waals surface area contributed by atoms with Gasteiger partial charge in [0.25, 0.3) is 5.69 Å². The lowest BCUT2D eigenvalue weighted by atomic mass is 10.1. The molecular weight excluding hydrogens is 280 g/mol. The summed E-state index contributed by atoms with van der Waals surface area (Å²) in [6.07, 6.45) is 0. The molecule has 0 fully saturated rings. The smallest absolute Gasteiger partial charge is 0.296 e. The molecule has 0 radical (unpaired) electrons. The first-order valence-electron chi connectivity index (χ1n) is 5.97. The number of phenols is 1. The van der Waals surface area contributed by atoms with Gasteiger partial charge in [0, 0.05) is 11.1 Å². The largest absolute Gasteiger partial charge is 0.508 e. The van der Waals surface area contributed by atoms with Crippen LogP contribution in [0, 0.1) is 10.1 Å². The summed E-state index contributed by atoms with van der Waals surface area (Å²) < 4.78 is 0. The van der Waals surface area contributed by atoms with Gasteiger partial charge in [-0.05, 0) is 36.8 Å². The molecule has 0 aliphatic rings. The van der Waals surface area contributed by atoms with Crippen LogP contribution in [0.5, 0.6) is 5.75 Å². The zero-order valence-corrected chi connectivity index (χ0v) is 11.5. The predicted molar refractivity (Wildman–Crippen MR) is 78.3 cm³/mol. The number of hydrogen-bond donors (Lipinski definition) is 2. The Kier molecular flexibility index (Phi) is 4.10. The van der Waals surface area contributed by atoms with Crippen LogP contribution < -0.4 is 5.32 Å². The number of halogens is 1. The average Bonchev–Trinajstić information content (AvgIpc) is 2.41. The molecule has 0 aliphatic carbocycles. The molecular formula is C14H13ClN2O3. The first kappa shape index (κ1) is 14.1. The quantitative estimate of drug-likeness (QED) is 0.505. The van der Waals surface area contributed by atoms with Gasteiger partial charge in [-0.1, -0.05) is 23.7 Å². The van der Waals surface area contributed by atoms with E-state index in [-0.39, 0.29) is 17.5 Å². The van der Waals surface area contributed by atoms with Crippen LogP contribution in [0.15, 0.2) is 42.5 Å². The average molecular weight is 293 g/mol. The van der Waals surface area contributed by atoms with Crippen molar-refractivity contribution in [2.45, 2.75) is 13.0 Å². The Bertz CT molecular complexity index is 629. The van der Waals surface area contributed by atoms with Gasteiger partial charge in [0.2, 0.25) is 0 Å². The number of nitro groups is 1. The van der Waals surface area contributed by atoms with Crippen LogP contribution in [0.4, 0.5) is 11.4 Å². The fourth-order valence-electron chi connectivity index (χ4n) is 1.86. The maximum atomic E-state index is 11.0. The molecule has 2 aromatic rings. The normalized spacial score (nSPS) is 11.9. The van der Waals surface area contributed by atoms with Crippen molar-refractivity contribution in [3.63, 3.8) is 0 Å². The number of aromatic hydroxyl groups is 1. The molecule has 1 unspecified atom stereocenters. The maximum Gasteiger partial charge on any atom is 0.296 e. The summed E-state index contributed by atoms with van der Waals surface area (Å²) >= 11 is 5.82. The molecule has 0 saturated heterocycles. The van der Waals surface area contributed by atoms with Gasteiger partial charge in [0.05, 0.1) is 11.0 Å².